The maximum atomic E-state index is 12.7. The van der Waals surface area contributed by atoms with E-state index in [2.05, 4.69) is 16.0 Å². The number of aliphatic carboxylic acids is 2. The Labute approximate surface area is 186 Å². The Morgan fingerprint density at radius 1 is 0.844 bits per heavy atom. The Balaban J connectivity index is 5.35. The molecule has 32 heavy (non-hydrogen) atoms. The van der Waals surface area contributed by atoms with Gasteiger partial charge in [0.05, 0.1) is 19.1 Å². The van der Waals surface area contributed by atoms with Gasteiger partial charge in [-0.3, -0.25) is 19.2 Å². The van der Waals surface area contributed by atoms with Crippen molar-refractivity contribution < 1.29 is 39.3 Å². The monoisotopic (exact) mass is 461 g/mol. The van der Waals surface area contributed by atoms with E-state index in [0.29, 0.717) is 25.8 Å². The van der Waals surface area contributed by atoms with Crippen LogP contribution in [0.15, 0.2) is 0 Å². The number of carbonyl (C=O) groups excluding carboxylic acids is 3. The highest BCUT2D eigenvalue weighted by molar-refractivity contribution is 5.95. The predicted octanol–water partition coefficient (Wildman–Crippen LogP) is -2.51. The Morgan fingerprint density at radius 3 is 1.84 bits per heavy atom. The molecule has 0 aromatic carbocycles. The van der Waals surface area contributed by atoms with Gasteiger partial charge in [0.15, 0.2) is 0 Å². The number of nitrogens with one attached hydrogen (secondary N) is 3. The summed E-state index contributed by atoms with van der Waals surface area (Å²) in [7, 11) is 0. The van der Waals surface area contributed by atoms with Gasteiger partial charge in [-0.2, -0.15) is 0 Å². The molecule has 4 unspecified atom stereocenters. The second kappa shape index (κ2) is 15.1. The maximum Gasteiger partial charge on any atom is 0.328 e. The van der Waals surface area contributed by atoms with Crippen LogP contribution in [0.2, 0.25) is 0 Å². The number of amides is 3. The fraction of sp³-hybridized carbons (Fsp3) is 0.737. The molecule has 0 aliphatic heterocycles. The van der Waals surface area contributed by atoms with Gasteiger partial charge in [0.1, 0.15) is 18.1 Å². The SMILES string of the molecule is CC(C)CC(NC(=O)C(CC(=O)O)NC(=O)C(N)CCCCN)C(=O)NC(CO)C(=O)O. The first kappa shape index (κ1) is 29.2. The summed E-state index contributed by atoms with van der Waals surface area (Å²) in [5.74, 6) is -5.46. The molecule has 3 amide bonds. The highest BCUT2D eigenvalue weighted by Crippen LogP contribution is 2.07. The molecule has 0 saturated heterocycles. The Kier molecular flexibility index (Phi) is 13.8. The predicted molar refractivity (Wildman–Crippen MR) is 113 cm³/mol. The van der Waals surface area contributed by atoms with Crippen LogP contribution in [-0.2, 0) is 24.0 Å². The van der Waals surface area contributed by atoms with Crippen LogP contribution in [0.3, 0.4) is 0 Å². The van der Waals surface area contributed by atoms with E-state index in [9.17, 15) is 24.0 Å². The number of carboxylic acids is 2. The standard InChI is InChI=1S/C19H35N5O8/c1-10(2)7-12(17(29)24-14(9-25)19(31)32)23-18(30)13(8-15(26)27)22-16(28)11(21)5-3-4-6-20/h10-14,25H,3-9,20-21H2,1-2H3,(H,22,28)(H,23,30)(H,24,29)(H,26,27)(H,31,32). The van der Waals surface area contributed by atoms with Gasteiger partial charge in [0.2, 0.25) is 17.7 Å². The van der Waals surface area contributed by atoms with Gasteiger partial charge in [0, 0.05) is 0 Å². The van der Waals surface area contributed by atoms with Gasteiger partial charge in [-0.05, 0) is 31.7 Å². The van der Waals surface area contributed by atoms with Crippen molar-refractivity contribution in [2.45, 2.75) is 70.1 Å². The molecular formula is C19H35N5O8. The van der Waals surface area contributed by atoms with Crippen LogP contribution in [-0.4, -0.2) is 82.3 Å². The van der Waals surface area contributed by atoms with Crippen LogP contribution in [0.4, 0.5) is 0 Å². The van der Waals surface area contributed by atoms with Crippen LogP contribution < -0.4 is 27.4 Å². The number of hydrogen-bond donors (Lipinski definition) is 8. The molecule has 0 aromatic rings. The first-order valence-electron chi connectivity index (χ1n) is 10.3. The smallest absolute Gasteiger partial charge is 0.328 e. The lowest BCUT2D eigenvalue weighted by atomic mass is 10.0. The van der Waals surface area contributed by atoms with E-state index in [1.807, 2.05) is 0 Å². The fourth-order valence-corrected chi connectivity index (χ4v) is 2.74. The third-order valence-electron chi connectivity index (χ3n) is 4.45. The number of aliphatic hydroxyl groups excluding tert-OH is 1. The molecule has 0 spiro atoms. The molecule has 13 heteroatoms. The highest BCUT2D eigenvalue weighted by Gasteiger charge is 2.31. The summed E-state index contributed by atoms with van der Waals surface area (Å²) in [6.45, 7) is 3.08. The highest BCUT2D eigenvalue weighted by atomic mass is 16.4. The minimum Gasteiger partial charge on any atom is -0.481 e. The molecule has 13 nitrogen and oxygen atoms in total. The second-order valence-corrected chi connectivity index (χ2v) is 7.82. The van der Waals surface area contributed by atoms with E-state index in [0.717, 1.165) is 0 Å². The van der Waals surface area contributed by atoms with Crippen LogP contribution in [0, 0.1) is 5.92 Å². The number of aliphatic hydroxyl groups is 1. The van der Waals surface area contributed by atoms with Crippen molar-refractivity contribution in [1.82, 2.24) is 16.0 Å². The minimum absolute atomic E-state index is 0.0989. The summed E-state index contributed by atoms with van der Waals surface area (Å²) in [6.07, 6.45) is 0.865. The summed E-state index contributed by atoms with van der Waals surface area (Å²) in [5, 5.41) is 33.9. The minimum atomic E-state index is -1.57. The third-order valence-corrected chi connectivity index (χ3v) is 4.45. The van der Waals surface area contributed by atoms with E-state index in [4.69, 9.17) is 26.8 Å². The third kappa shape index (κ3) is 11.6. The lowest BCUT2D eigenvalue weighted by Crippen LogP contribution is -2.58. The Morgan fingerprint density at radius 2 is 1.38 bits per heavy atom. The van der Waals surface area contributed by atoms with E-state index < -0.39 is 66.9 Å². The largest absolute Gasteiger partial charge is 0.481 e. The van der Waals surface area contributed by atoms with Crippen molar-refractivity contribution in [2.75, 3.05) is 13.2 Å². The first-order chi connectivity index (χ1) is 14.9. The van der Waals surface area contributed by atoms with Crippen molar-refractivity contribution in [3.8, 4) is 0 Å². The lowest BCUT2D eigenvalue weighted by Gasteiger charge is -2.25. The fourth-order valence-electron chi connectivity index (χ4n) is 2.74. The van der Waals surface area contributed by atoms with E-state index >= 15 is 0 Å². The average molecular weight is 462 g/mol. The van der Waals surface area contributed by atoms with Gasteiger partial charge in [-0.15, -0.1) is 0 Å². The van der Waals surface area contributed by atoms with Gasteiger partial charge in [-0.1, -0.05) is 20.3 Å². The molecule has 0 heterocycles. The summed E-state index contributed by atoms with van der Waals surface area (Å²) >= 11 is 0. The topological polar surface area (TPSA) is 234 Å². The molecule has 4 atom stereocenters. The zero-order valence-electron chi connectivity index (χ0n) is 18.4. The molecule has 0 aliphatic carbocycles. The van der Waals surface area contributed by atoms with Crippen molar-refractivity contribution in [3.63, 3.8) is 0 Å². The van der Waals surface area contributed by atoms with Crippen molar-refractivity contribution >= 4 is 29.7 Å². The molecule has 0 saturated carbocycles. The quantitative estimate of drug-likeness (QED) is 0.112. The Bertz CT molecular complexity index is 658. The summed E-state index contributed by atoms with van der Waals surface area (Å²) in [6, 6.07) is -5.27. The first-order valence-corrected chi connectivity index (χ1v) is 10.3. The van der Waals surface area contributed by atoms with Gasteiger partial charge in [-0.25, -0.2) is 4.79 Å². The van der Waals surface area contributed by atoms with E-state index in [1.54, 1.807) is 13.8 Å². The van der Waals surface area contributed by atoms with Crippen LogP contribution in [0.1, 0.15) is 46.0 Å². The maximum absolute atomic E-state index is 12.7. The lowest BCUT2D eigenvalue weighted by molar-refractivity contribution is -0.144. The number of hydrogen-bond acceptors (Lipinski definition) is 8. The second-order valence-electron chi connectivity index (χ2n) is 7.82. The van der Waals surface area contributed by atoms with Crippen molar-refractivity contribution in [2.24, 2.45) is 17.4 Å². The summed E-state index contributed by atoms with van der Waals surface area (Å²) < 4.78 is 0. The molecular weight excluding hydrogens is 426 g/mol. The molecule has 184 valence electrons. The van der Waals surface area contributed by atoms with Crippen molar-refractivity contribution in [1.29, 1.82) is 0 Å². The number of carboxylic acid groups (broad SMARTS) is 2. The number of carbonyl (C=O) groups is 5. The summed E-state index contributed by atoms with van der Waals surface area (Å²) in [4.78, 5) is 59.7. The zero-order chi connectivity index (χ0) is 24.8. The molecule has 0 rings (SSSR count). The number of nitrogens with two attached hydrogens (primary N) is 2. The van der Waals surface area contributed by atoms with Gasteiger partial charge in [0.25, 0.3) is 0 Å². The van der Waals surface area contributed by atoms with Crippen LogP contribution in [0.25, 0.3) is 0 Å². The average Bonchev–Trinajstić information content (AvgIpc) is 2.69. The molecule has 0 fully saturated rings. The van der Waals surface area contributed by atoms with Gasteiger partial charge >= 0.3 is 11.9 Å². The van der Waals surface area contributed by atoms with E-state index in [-0.39, 0.29) is 12.3 Å². The van der Waals surface area contributed by atoms with Crippen LogP contribution >= 0.6 is 0 Å². The van der Waals surface area contributed by atoms with E-state index in [1.165, 1.54) is 0 Å². The number of rotatable bonds is 16. The zero-order valence-corrected chi connectivity index (χ0v) is 18.4. The molecule has 10 N–H and O–H groups in total. The van der Waals surface area contributed by atoms with Gasteiger partial charge < -0.3 is 42.7 Å². The molecule has 0 bridgehead atoms. The normalized spacial score (nSPS) is 14.7. The summed E-state index contributed by atoms with van der Waals surface area (Å²) in [5.41, 5.74) is 11.2. The number of unbranched alkanes of at least 4 members (excludes halogenated alkanes) is 1. The molecule has 0 radical (unpaired) electrons. The van der Waals surface area contributed by atoms with Crippen molar-refractivity contribution in [3.05, 3.63) is 0 Å². The molecule has 0 aliphatic rings. The van der Waals surface area contributed by atoms with Crippen LogP contribution in [0.5, 0.6) is 0 Å². The molecule has 0 aromatic heterocycles. The Hall–Kier alpha value is -2.77.